The predicted octanol–water partition coefficient (Wildman–Crippen LogP) is 3.30. The van der Waals surface area contributed by atoms with Crippen LogP contribution in [0.2, 0.25) is 0 Å². The van der Waals surface area contributed by atoms with E-state index < -0.39 is 11.9 Å². The average molecular weight is 348 g/mol. The molecular formula is C18H21FN2O2S. The molecule has 2 amide bonds. The Bertz CT molecular complexity index is 684. The first-order valence-electron chi connectivity index (χ1n) is 7.71. The molecule has 24 heavy (non-hydrogen) atoms. The van der Waals surface area contributed by atoms with Crippen molar-refractivity contribution in [2.24, 2.45) is 5.92 Å². The highest BCUT2D eigenvalue weighted by Crippen LogP contribution is 2.12. The van der Waals surface area contributed by atoms with Crippen LogP contribution in [-0.4, -0.2) is 29.8 Å². The van der Waals surface area contributed by atoms with E-state index in [0.29, 0.717) is 12.1 Å². The van der Waals surface area contributed by atoms with Crippen molar-refractivity contribution in [3.63, 3.8) is 0 Å². The molecule has 0 radical (unpaired) electrons. The third-order valence-corrected chi connectivity index (χ3v) is 4.43. The Labute approximate surface area is 145 Å². The van der Waals surface area contributed by atoms with Crippen LogP contribution in [0.3, 0.4) is 0 Å². The molecule has 0 unspecified atom stereocenters. The molecule has 1 aromatic heterocycles. The Balaban J connectivity index is 2.06. The Hall–Kier alpha value is -2.21. The molecule has 0 fully saturated rings. The van der Waals surface area contributed by atoms with Crippen LogP contribution in [0.4, 0.5) is 4.39 Å². The van der Waals surface area contributed by atoms with Crippen LogP contribution < -0.4 is 5.32 Å². The highest BCUT2D eigenvalue weighted by molar-refractivity contribution is 7.07. The van der Waals surface area contributed by atoms with Crippen molar-refractivity contribution in [2.45, 2.75) is 26.4 Å². The van der Waals surface area contributed by atoms with Gasteiger partial charge in [0, 0.05) is 19.2 Å². The molecule has 1 N–H and O–H groups in total. The predicted molar refractivity (Wildman–Crippen MR) is 93.3 cm³/mol. The van der Waals surface area contributed by atoms with E-state index in [0.717, 1.165) is 5.56 Å². The first-order chi connectivity index (χ1) is 11.4. The van der Waals surface area contributed by atoms with E-state index in [1.165, 1.54) is 24.3 Å². The number of rotatable bonds is 6. The fourth-order valence-corrected chi connectivity index (χ4v) is 2.97. The van der Waals surface area contributed by atoms with Gasteiger partial charge < -0.3 is 10.2 Å². The molecule has 6 heteroatoms. The summed E-state index contributed by atoms with van der Waals surface area (Å²) in [6.45, 7) is 4.26. The lowest BCUT2D eigenvalue weighted by Crippen LogP contribution is -2.50. The lowest BCUT2D eigenvalue weighted by Gasteiger charge is -2.27. The van der Waals surface area contributed by atoms with Crippen LogP contribution in [-0.2, 0) is 11.3 Å². The molecule has 1 atom stereocenters. The molecule has 0 bridgehead atoms. The second kappa shape index (κ2) is 8.06. The molecule has 4 nitrogen and oxygen atoms in total. The summed E-state index contributed by atoms with van der Waals surface area (Å²) in [5.74, 6) is -0.997. The van der Waals surface area contributed by atoms with Gasteiger partial charge in [-0.1, -0.05) is 13.8 Å². The average Bonchev–Trinajstić information content (AvgIpc) is 3.05. The quantitative estimate of drug-likeness (QED) is 0.871. The van der Waals surface area contributed by atoms with Crippen molar-refractivity contribution in [1.82, 2.24) is 10.2 Å². The van der Waals surface area contributed by atoms with E-state index in [9.17, 15) is 14.0 Å². The molecule has 2 rings (SSSR count). The third-order valence-electron chi connectivity index (χ3n) is 3.70. The van der Waals surface area contributed by atoms with Crippen LogP contribution in [0, 0.1) is 11.7 Å². The van der Waals surface area contributed by atoms with Crippen molar-refractivity contribution in [2.75, 3.05) is 7.05 Å². The van der Waals surface area contributed by atoms with Crippen molar-refractivity contribution in [3.8, 4) is 0 Å². The molecular weight excluding hydrogens is 327 g/mol. The number of hydrogen-bond donors (Lipinski definition) is 1. The van der Waals surface area contributed by atoms with E-state index in [1.54, 1.807) is 23.3 Å². The molecule has 0 aliphatic rings. The summed E-state index contributed by atoms with van der Waals surface area (Å²) in [5, 5.41) is 6.72. The summed E-state index contributed by atoms with van der Waals surface area (Å²) < 4.78 is 13.0. The summed E-state index contributed by atoms with van der Waals surface area (Å²) in [5.41, 5.74) is 1.39. The van der Waals surface area contributed by atoms with E-state index >= 15 is 0 Å². The van der Waals surface area contributed by atoms with Gasteiger partial charge in [0.1, 0.15) is 11.9 Å². The van der Waals surface area contributed by atoms with Crippen LogP contribution in [0.5, 0.6) is 0 Å². The van der Waals surface area contributed by atoms with Crippen molar-refractivity contribution >= 4 is 23.2 Å². The highest BCUT2D eigenvalue weighted by atomic mass is 32.1. The van der Waals surface area contributed by atoms with E-state index in [4.69, 9.17) is 0 Å². The molecule has 0 aliphatic carbocycles. The van der Waals surface area contributed by atoms with Gasteiger partial charge in [0.25, 0.3) is 5.91 Å². The molecule has 2 aromatic rings. The zero-order chi connectivity index (χ0) is 17.7. The van der Waals surface area contributed by atoms with Crippen LogP contribution in [0.25, 0.3) is 0 Å². The third kappa shape index (κ3) is 4.64. The Morgan fingerprint density at radius 1 is 1.21 bits per heavy atom. The number of nitrogens with zero attached hydrogens (tertiary/aromatic N) is 1. The first-order valence-corrected chi connectivity index (χ1v) is 8.65. The highest BCUT2D eigenvalue weighted by Gasteiger charge is 2.27. The van der Waals surface area contributed by atoms with Crippen molar-refractivity contribution in [1.29, 1.82) is 0 Å². The number of nitrogens with one attached hydrogen (secondary N) is 1. The van der Waals surface area contributed by atoms with Crippen molar-refractivity contribution in [3.05, 3.63) is 58.0 Å². The number of carbonyl (C=O) groups is 2. The molecule has 1 aromatic carbocycles. The van der Waals surface area contributed by atoms with Gasteiger partial charge in [-0.15, -0.1) is 0 Å². The maximum absolute atomic E-state index is 13.0. The van der Waals surface area contributed by atoms with Crippen molar-refractivity contribution < 1.29 is 14.0 Å². The van der Waals surface area contributed by atoms with Crippen LogP contribution in [0.1, 0.15) is 29.8 Å². The Morgan fingerprint density at radius 3 is 2.42 bits per heavy atom. The number of hydrogen-bond acceptors (Lipinski definition) is 3. The van der Waals surface area contributed by atoms with Gasteiger partial charge in [-0.05, 0) is 52.6 Å². The van der Waals surface area contributed by atoms with E-state index in [2.05, 4.69) is 5.32 Å². The summed E-state index contributed by atoms with van der Waals surface area (Å²) in [4.78, 5) is 26.6. The standard InChI is InChI=1S/C18H21FN2O2S/c1-12(2)16(18(23)21(3)10-13-8-9-24-11-13)20-17(22)14-4-6-15(19)7-5-14/h4-9,11-12,16H,10H2,1-3H3,(H,20,22)/t16-/m1/s1. The second-order valence-corrected chi connectivity index (χ2v) is 6.81. The maximum atomic E-state index is 13.0. The molecule has 0 aliphatic heterocycles. The minimum Gasteiger partial charge on any atom is -0.340 e. The summed E-state index contributed by atoms with van der Waals surface area (Å²) in [7, 11) is 1.72. The molecule has 0 saturated heterocycles. The number of benzene rings is 1. The van der Waals surface area contributed by atoms with Gasteiger partial charge in [0.2, 0.25) is 5.91 Å². The first kappa shape index (κ1) is 18.1. The minimum absolute atomic E-state index is 0.0631. The molecule has 1 heterocycles. The molecule has 0 saturated carbocycles. The van der Waals surface area contributed by atoms with Gasteiger partial charge in [-0.25, -0.2) is 4.39 Å². The molecule has 0 spiro atoms. The fraction of sp³-hybridized carbons (Fsp3) is 0.333. The largest absolute Gasteiger partial charge is 0.340 e. The number of halogens is 1. The summed E-state index contributed by atoms with van der Waals surface area (Å²) in [6, 6.07) is 6.60. The fourth-order valence-electron chi connectivity index (χ4n) is 2.31. The maximum Gasteiger partial charge on any atom is 0.251 e. The Kier molecular flexibility index (Phi) is 6.09. The lowest BCUT2D eigenvalue weighted by atomic mass is 10.0. The normalized spacial score (nSPS) is 12.0. The van der Waals surface area contributed by atoms with Gasteiger partial charge in [-0.3, -0.25) is 9.59 Å². The zero-order valence-electron chi connectivity index (χ0n) is 14.0. The van der Waals surface area contributed by atoms with E-state index in [1.807, 2.05) is 30.7 Å². The zero-order valence-corrected chi connectivity index (χ0v) is 14.8. The van der Waals surface area contributed by atoms with Crippen LogP contribution >= 0.6 is 11.3 Å². The lowest BCUT2D eigenvalue weighted by molar-refractivity contribution is -0.133. The second-order valence-electron chi connectivity index (χ2n) is 6.03. The van der Waals surface area contributed by atoms with E-state index in [-0.39, 0.29) is 17.7 Å². The van der Waals surface area contributed by atoms with Gasteiger partial charge in [0.15, 0.2) is 0 Å². The van der Waals surface area contributed by atoms with Gasteiger partial charge in [0.05, 0.1) is 0 Å². The SMILES string of the molecule is CC(C)[C@@H](NC(=O)c1ccc(F)cc1)C(=O)N(C)Cc1ccsc1. The minimum atomic E-state index is -0.633. The van der Waals surface area contributed by atoms with Crippen LogP contribution in [0.15, 0.2) is 41.1 Å². The number of amides is 2. The number of carbonyl (C=O) groups excluding carboxylic acids is 2. The summed E-state index contributed by atoms with van der Waals surface area (Å²) >= 11 is 1.58. The van der Waals surface area contributed by atoms with Gasteiger partial charge >= 0.3 is 0 Å². The Morgan fingerprint density at radius 2 is 1.88 bits per heavy atom. The van der Waals surface area contributed by atoms with Gasteiger partial charge in [-0.2, -0.15) is 11.3 Å². The number of likely N-dealkylation sites (N-methyl/N-ethyl adjacent to an activating group) is 1. The number of thiophene rings is 1. The summed E-state index contributed by atoms with van der Waals surface area (Å²) in [6.07, 6.45) is 0. The molecule has 128 valence electrons. The topological polar surface area (TPSA) is 49.4 Å². The monoisotopic (exact) mass is 348 g/mol. The smallest absolute Gasteiger partial charge is 0.251 e.